The number of aryl methyl sites for hydroxylation is 1. The predicted molar refractivity (Wildman–Crippen MR) is 82.5 cm³/mol. The molecule has 0 fully saturated rings. The molecule has 2 aromatic carbocycles. The van der Waals surface area contributed by atoms with Crippen molar-refractivity contribution in [3.05, 3.63) is 59.4 Å². The Morgan fingerprint density at radius 2 is 1.95 bits per heavy atom. The van der Waals surface area contributed by atoms with Gasteiger partial charge in [0.05, 0.1) is 15.9 Å². The van der Waals surface area contributed by atoms with Crippen LogP contribution >= 0.6 is 12.2 Å². The highest BCUT2D eigenvalue weighted by Crippen LogP contribution is 2.21. The molecule has 3 nitrogen and oxygen atoms in total. The van der Waals surface area contributed by atoms with Crippen molar-refractivity contribution < 1.29 is 0 Å². The zero-order valence-electron chi connectivity index (χ0n) is 10.5. The number of benzene rings is 2. The quantitative estimate of drug-likeness (QED) is 0.426. The number of hydrogen-bond donors (Lipinski definition) is 2. The Balaban J connectivity index is 2.13. The van der Waals surface area contributed by atoms with E-state index in [2.05, 4.69) is 9.97 Å². The molecule has 19 heavy (non-hydrogen) atoms. The molecule has 94 valence electrons. The van der Waals surface area contributed by atoms with E-state index >= 15 is 0 Å². The molecule has 0 spiro atoms. The Hall–Kier alpha value is -2.20. The summed E-state index contributed by atoms with van der Waals surface area (Å²) in [7, 11) is 0. The zero-order valence-corrected chi connectivity index (χ0v) is 11.3. The van der Waals surface area contributed by atoms with Gasteiger partial charge in [-0.2, -0.15) is 0 Å². The van der Waals surface area contributed by atoms with Gasteiger partial charge in [0.15, 0.2) is 0 Å². The minimum atomic E-state index is 0.659. The summed E-state index contributed by atoms with van der Waals surface area (Å²) in [6, 6.07) is 13.6. The van der Waals surface area contributed by atoms with E-state index in [0.29, 0.717) is 16.4 Å². The zero-order chi connectivity index (χ0) is 13.4. The highest BCUT2D eigenvalue weighted by atomic mass is 32.1. The van der Waals surface area contributed by atoms with Crippen LogP contribution < -0.4 is 5.73 Å². The number of aromatic nitrogens is 2. The molecule has 1 heterocycles. The summed E-state index contributed by atoms with van der Waals surface area (Å²) in [5.41, 5.74) is 10.5. The fourth-order valence-electron chi connectivity index (χ4n) is 2.18. The Labute approximate surface area is 116 Å². The molecule has 0 aliphatic rings. The minimum absolute atomic E-state index is 0.659. The van der Waals surface area contributed by atoms with Gasteiger partial charge < -0.3 is 10.7 Å². The van der Waals surface area contributed by atoms with Gasteiger partial charge in [0.2, 0.25) is 0 Å². The number of nitrogens with two attached hydrogens (primary N) is 1. The number of nitrogens with zero attached hydrogens (tertiary/aromatic N) is 1. The molecular formula is C15H13N3S. The van der Waals surface area contributed by atoms with Crippen LogP contribution in [0.25, 0.3) is 11.0 Å². The van der Waals surface area contributed by atoms with Crippen LogP contribution in [0.2, 0.25) is 0 Å². The highest BCUT2D eigenvalue weighted by molar-refractivity contribution is 7.81. The standard InChI is InChI=1S/C15H13N3S/c1-9-5-4-6-10(16)13(9)14(19)15-17-11-7-2-3-8-12(11)18-15/h2-8H,16H2,1H3,(H,17,18). The third-order valence-electron chi connectivity index (χ3n) is 3.14. The lowest BCUT2D eigenvalue weighted by Crippen LogP contribution is -2.08. The smallest absolute Gasteiger partial charge is 0.150 e. The van der Waals surface area contributed by atoms with Gasteiger partial charge in [-0.3, -0.25) is 0 Å². The number of anilines is 1. The lowest BCUT2D eigenvalue weighted by atomic mass is 10.0. The maximum atomic E-state index is 6.02. The molecule has 0 unspecified atom stereocenters. The molecule has 0 aliphatic carbocycles. The van der Waals surface area contributed by atoms with E-state index < -0.39 is 0 Å². The summed E-state index contributed by atoms with van der Waals surface area (Å²) in [5.74, 6) is 0.692. The highest BCUT2D eigenvalue weighted by Gasteiger charge is 2.14. The van der Waals surface area contributed by atoms with E-state index in [0.717, 1.165) is 22.2 Å². The summed E-state index contributed by atoms with van der Waals surface area (Å²) in [6.07, 6.45) is 0. The number of nitrogens with one attached hydrogen (secondary N) is 1. The Bertz CT molecular complexity index is 721. The van der Waals surface area contributed by atoms with Crippen molar-refractivity contribution in [2.45, 2.75) is 6.92 Å². The van der Waals surface area contributed by atoms with Gasteiger partial charge in [0.25, 0.3) is 0 Å². The molecular weight excluding hydrogens is 254 g/mol. The molecule has 0 saturated carbocycles. The van der Waals surface area contributed by atoms with Gasteiger partial charge in [-0.05, 0) is 30.7 Å². The van der Waals surface area contributed by atoms with E-state index in [1.54, 1.807) is 0 Å². The largest absolute Gasteiger partial charge is 0.398 e. The van der Waals surface area contributed by atoms with Gasteiger partial charge in [-0.25, -0.2) is 4.98 Å². The first-order valence-electron chi connectivity index (χ1n) is 6.01. The number of para-hydroxylation sites is 2. The molecule has 0 aliphatic heterocycles. The molecule has 3 N–H and O–H groups in total. The van der Waals surface area contributed by atoms with E-state index in [1.165, 1.54) is 0 Å². The first-order valence-corrected chi connectivity index (χ1v) is 6.42. The summed E-state index contributed by atoms with van der Waals surface area (Å²) in [6.45, 7) is 2.00. The van der Waals surface area contributed by atoms with Crippen LogP contribution in [0.3, 0.4) is 0 Å². The molecule has 0 amide bonds. The molecule has 1 aromatic heterocycles. The first-order chi connectivity index (χ1) is 9.16. The normalized spacial score (nSPS) is 10.8. The van der Waals surface area contributed by atoms with Crippen LogP contribution in [0.5, 0.6) is 0 Å². The second-order valence-electron chi connectivity index (χ2n) is 4.47. The lowest BCUT2D eigenvalue weighted by molar-refractivity contribution is 1.29. The van der Waals surface area contributed by atoms with E-state index in [9.17, 15) is 0 Å². The third kappa shape index (κ3) is 2.00. The van der Waals surface area contributed by atoms with Gasteiger partial charge >= 0.3 is 0 Å². The van der Waals surface area contributed by atoms with Gasteiger partial charge in [-0.15, -0.1) is 0 Å². The fourth-order valence-corrected chi connectivity index (χ4v) is 2.55. The monoisotopic (exact) mass is 267 g/mol. The second-order valence-corrected chi connectivity index (χ2v) is 4.88. The number of nitrogen functional groups attached to an aromatic ring is 1. The van der Waals surface area contributed by atoms with Crippen LogP contribution in [0.4, 0.5) is 5.69 Å². The number of imidazole rings is 1. The number of aromatic amines is 1. The van der Waals surface area contributed by atoms with Crippen molar-refractivity contribution in [1.82, 2.24) is 9.97 Å². The van der Waals surface area contributed by atoms with Gasteiger partial charge in [0, 0.05) is 11.3 Å². The molecule has 0 saturated heterocycles. The first kappa shape index (κ1) is 11.9. The summed E-state index contributed by atoms with van der Waals surface area (Å²) < 4.78 is 0. The van der Waals surface area contributed by atoms with Gasteiger partial charge in [0.1, 0.15) is 5.82 Å². The fraction of sp³-hybridized carbons (Fsp3) is 0.0667. The van der Waals surface area contributed by atoms with Crippen molar-refractivity contribution in [3.8, 4) is 0 Å². The molecule has 0 radical (unpaired) electrons. The predicted octanol–water partition coefficient (Wildman–Crippen LogP) is 3.22. The summed E-state index contributed by atoms with van der Waals surface area (Å²) in [5, 5.41) is 0. The second kappa shape index (κ2) is 4.48. The third-order valence-corrected chi connectivity index (χ3v) is 3.53. The number of H-pyrrole nitrogens is 1. The van der Waals surface area contributed by atoms with E-state index in [4.69, 9.17) is 18.0 Å². The molecule has 0 atom stereocenters. The number of fused-ring (bicyclic) bond motifs is 1. The van der Waals surface area contributed by atoms with Crippen LogP contribution in [0.15, 0.2) is 42.5 Å². The lowest BCUT2D eigenvalue weighted by Gasteiger charge is -2.08. The average molecular weight is 267 g/mol. The van der Waals surface area contributed by atoms with E-state index in [-0.39, 0.29) is 0 Å². The summed E-state index contributed by atoms with van der Waals surface area (Å²) in [4.78, 5) is 8.42. The molecule has 3 rings (SSSR count). The van der Waals surface area contributed by atoms with Crippen LogP contribution in [0, 0.1) is 6.92 Å². The number of thiocarbonyl (C=S) groups is 1. The number of hydrogen-bond acceptors (Lipinski definition) is 3. The van der Waals surface area contributed by atoms with Crippen LogP contribution in [-0.4, -0.2) is 14.8 Å². The van der Waals surface area contributed by atoms with Gasteiger partial charge in [-0.1, -0.05) is 36.5 Å². The van der Waals surface area contributed by atoms with Crippen LogP contribution in [-0.2, 0) is 0 Å². The van der Waals surface area contributed by atoms with E-state index in [1.807, 2.05) is 49.4 Å². The molecule has 3 aromatic rings. The minimum Gasteiger partial charge on any atom is -0.398 e. The Morgan fingerprint density at radius 1 is 1.16 bits per heavy atom. The van der Waals surface area contributed by atoms with Crippen molar-refractivity contribution in [1.29, 1.82) is 0 Å². The maximum absolute atomic E-state index is 6.02. The van der Waals surface area contributed by atoms with Crippen molar-refractivity contribution in [3.63, 3.8) is 0 Å². The SMILES string of the molecule is Cc1cccc(N)c1C(=S)c1nc2ccccc2[nH]1. The maximum Gasteiger partial charge on any atom is 0.150 e. The Morgan fingerprint density at radius 3 is 2.68 bits per heavy atom. The van der Waals surface area contributed by atoms with Crippen molar-refractivity contribution >= 4 is 33.8 Å². The topological polar surface area (TPSA) is 54.7 Å². The average Bonchev–Trinajstić information content (AvgIpc) is 2.82. The Kier molecular flexibility index (Phi) is 2.80. The molecule has 4 heteroatoms. The summed E-state index contributed by atoms with van der Waals surface area (Å²) >= 11 is 5.53. The van der Waals surface area contributed by atoms with Crippen molar-refractivity contribution in [2.24, 2.45) is 0 Å². The molecule has 0 bridgehead atoms. The number of rotatable bonds is 2. The van der Waals surface area contributed by atoms with Crippen LogP contribution in [0.1, 0.15) is 17.0 Å². The van der Waals surface area contributed by atoms with Crippen molar-refractivity contribution in [2.75, 3.05) is 5.73 Å².